The number of carbonyl (C=O) groups excluding carboxylic acids is 1. The molecule has 0 saturated heterocycles. The maximum absolute atomic E-state index is 12.7. The molecule has 0 bridgehead atoms. The lowest BCUT2D eigenvalue weighted by Crippen LogP contribution is -2.48. The van der Waals surface area contributed by atoms with Crippen LogP contribution in [0.15, 0.2) is 24.3 Å². The largest absolute Gasteiger partial charge is 0.349 e. The fourth-order valence-electron chi connectivity index (χ4n) is 3.21. The van der Waals surface area contributed by atoms with E-state index in [0.717, 1.165) is 31.2 Å². The highest BCUT2D eigenvalue weighted by atomic mass is 16.2. The van der Waals surface area contributed by atoms with Gasteiger partial charge in [0.25, 0.3) is 0 Å². The number of hydrogen-bond donors (Lipinski definition) is 2. The number of aryl methyl sites for hydroxylation is 1. The normalized spacial score (nSPS) is 27.1. The zero-order valence-electron chi connectivity index (χ0n) is 13.5. The Balaban J connectivity index is 2.05. The van der Waals surface area contributed by atoms with Crippen molar-refractivity contribution in [3.05, 3.63) is 35.4 Å². The summed E-state index contributed by atoms with van der Waals surface area (Å²) >= 11 is 0. The van der Waals surface area contributed by atoms with Crippen LogP contribution < -0.4 is 11.1 Å². The third kappa shape index (κ3) is 3.65. The first-order chi connectivity index (χ1) is 9.97. The van der Waals surface area contributed by atoms with Gasteiger partial charge in [0.05, 0.1) is 11.5 Å². The highest BCUT2D eigenvalue weighted by Gasteiger charge is 2.40. The minimum absolute atomic E-state index is 0.0279. The fraction of sp³-hybridized carbons (Fsp3) is 0.611. The second-order valence-electron chi connectivity index (χ2n) is 6.78. The number of rotatable bonds is 4. The Morgan fingerprint density at radius 1 is 1.43 bits per heavy atom. The topological polar surface area (TPSA) is 55.1 Å². The van der Waals surface area contributed by atoms with Crippen LogP contribution >= 0.6 is 0 Å². The van der Waals surface area contributed by atoms with Crippen molar-refractivity contribution in [1.82, 2.24) is 5.32 Å². The summed E-state index contributed by atoms with van der Waals surface area (Å²) in [6.45, 7) is 6.82. The molecule has 1 atom stereocenters. The van der Waals surface area contributed by atoms with E-state index in [1.807, 2.05) is 13.0 Å². The van der Waals surface area contributed by atoms with Gasteiger partial charge in [0.15, 0.2) is 0 Å². The van der Waals surface area contributed by atoms with Crippen LogP contribution in [0.2, 0.25) is 0 Å². The number of benzene rings is 1. The number of carbonyl (C=O) groups is 1. The zero-order chi connectivity index (χ0) is 15.5. The Hall–Kier alpha value is -1.35. The highest BCUT2D eigenvalue weighted by Crippen LogP contribution is 2.38. The number of nitrogens with one attached hydrogen (secondary N) is 1. The maximum Gasteiger partial charge on any atom is 0.227 e. The van der Waals surface area contributed by atoms with Gasteiger partial charge in [0.1, 0.15) is 0 Å². The van der Waals surface area contributed by atoms with Gasteiger partial charge in [-0.25, -0.2) is 0 Å². The molecule has 1 aromatic rings. The molecular formula is C18H28N2O. The van der Waals surface area contributed by atoms with Gasteiger partial charge in [0.2, 0.25) is 5.91 Å². The van der Waals surface area contributed by atoms with E-state index in [-0.39, 0.29) is 17.4 Å². The molecule has 3 N–H and O–H groups in total. The molecule has 0 unspecified atom stereocenters. The minimum atomic E-state index is -0.357. The van der Waals surface area contributed by atoms with Crippen LogP contribution in [0, 0.1) is 18.3 Å². The van der Waals surface area contributed by atoms with Gasteiger partial charge in [-0.15, -0.1) is 0 Å². The van der Waals surface area contributed by atoms with Crippen molar-refractivity contribution < 1.29 is 4.79 Å². The van der Waals surface area contributed by atoms with E-state index < -0.39 is 0 Å². The van der Waals surface area contributed by atoms with E-state index in [9.17, 15) is 4.79 Å². The first-order valence-electron chi connectivity index (χ1n) is 8.04. The van der Waals surface area contributed by atoms with E-state index in [1.165, 1.54) is 5.56 Å². The Morgan fingerprint density at radius 3 is 2.67 bits per heavy atom. The molecule has 0 radical (unpaired) electrons. The summed E-state index contributed by atoms with van der Waals surface area (Å²) in [7, 11) is 0. The van der Waals surface area contributed by atoms with Crippen LogP contribution in [0.25, 0.3) is 0 Å². The Morgan fingerprint density at radius 2 is 2.10 bits per heavy atom. The van der Waals surface area contributed by atoms with Crippen LogP contribution in [0.1, 0.15) is 56.7 Å². The molecule has 3 heteroatoms. The Kier molecular flexibility index (Phi) is 5.04. The van der Waals surface area contributed by atoms with E-state index in [1.54, 1.807) is 0 Å². The van der Waals surface area contributed by atoms with Crippen molar-refractivity contribution in [3.63, 3.8) is 0 Å². The lowest BCUT2D eigenvalue weighted by molar-refractivity contribution is -0.133. The van der Waals surface area contributed by atoms with Gasteiger partial charge in [-0.1, -0.05) is 36.8 Å². The van der Waals surface area contributed by atoms with Crippen LogP contribution in [0.3, 0.4) is 0 Å². The van der Waals surface area contributed by atoms with Gasteiger partial charge in [-0.2, -0.15) is 0 Å². The number of hydrogen-bond acceptors (Lipinski definition) is 2. The van der Waals surface area contributed by atoms with E-state index >= 15 is 0 Å². The summed E-state index contributed by atoms with van der Waals surface area (Å²) in [4.78, 5) is 12.7. The summed E-state index contributed by atoms with van der Waals surface area (Å²) in [6, 6.07) is 8.33. The lowest BCUT2D eigenvalue weighted by Gasteiger charge is -2.38. The molecule has 1 saturated carbocycles. The molecule has 1 aromatic carbocycles. The smallest absolute Gasteiger partial charge is 0.227 e. The van der Waals surface area contributed by atoms with Gasteiger partial charge in [-0.05, 0) is 51.0 Å². The SMILES string of the molecule is Cc1cccc([C@@H](C)NC(=O)C2(CN)CCC(C)CC2)c1. The second kappa shape index (κ2) is 6.61. The van der Waals surface area contributed by atoms with E-state index in [4.69, 9.17) is 5.73 Å². The first-order valence-corrected chi connectivity index (χ1v) is 8.04. The molecule has 0 aromatic heterocycles. The quantitative estimate of drug-likeness (QED) is 0.893. The Bertz CT molecular complexity index is 490. The molecule has 1 aliphatic rings. The van der Waals surface area contributed by atoms with Gasteiger partial charge in [0, 0.05) is 6.54 Å². The average molecular weight is 288 g/mol. The predicted octanol–water partition coefficient (Wildman–Crippen LogP) is 3.33. The molecule has 0 heterocycles. The molecule has 2 rings (SSSR count). The third-order valence-electron chi connectivity index (χ3n) is 4.99. The number of amides is 1. The van der Waals surface area contributed by atoms with Gasteiger partial charge in [-0.3, -0.25) is 4.79 Å². The predicted molar refractivity (Wildman–Crippen MR) is 86.9 cm³/mol. The summed E-state index contributed by atoms with van der Waals surface area (Å²) in [5.41, 5.74) is 7.97. The van der Waals surface area contributed by atoms with Crippen LogP contribution in [0.5, 0.6) is 0 Å². The minimum Gasteiger partial charge on any atom is -0.349 e. The highest BCUT2D eigenvalue weighted by molar-refractivity contribution is 5.83. The summed E-state index contributed by atoms with van der Waals surface area (Å²) in [5.74, 6) is 0.845. The average Bonchev–Trinajstić information content (AvgIpc) is 2.48. The molecule has 1 fully saturated rings. The lowest BCUT2D eigenvalue weighted by atomic mass is 9.70. The second-order valence-corrected chi connectivity index (χ2v) is 6.78. The molecule has 0 aliphatic heterocycles. The molecule has 0 spiro atoms. The fourth-order valence-corrected chi connectivity index (χ4v) is 3.21. The summed E-state index contributed by atoms with van der Waals surface area (Å²) in [6.07, 6.45) is 4.03. The monoisotopic (exact) mass is 288 g/mol. The molecule has 1 amide bonds. The van der Waals surface area contributed by atoms with Crippen LogP contribution in [0.4, 0.5) is 0 Å². The van der Waals surface area contributed by atoms with Crippen LogP contribution in [-0.4, -0.2) is 12.5 Å². The molecular weight excluding hydrogens is 260 g/mol. The number of nitrogens with two attached hydrogens (primary N) is 1. The van der Waals surface area contributed by atoms with E-state index in [0.29, 0.717) is 12.5 Å². The molecule has 21 heavy (non-hydrogen) atoms. The standard InChI is InChI=1S/C18H28N2O/c1-13-7-9-18(12-19,10-8-13)17(21)20-15(3)16-6-4-5-14(2)11-16/h4-6,11,13,15H,7-10,12,19H2,1-3H3,(H,20,21)/t13?,15-,18?/m1/s1. The summed E-state index contributed by atoms with van der Waals surface area (Å²) < 4.78 is 0. The third-order valence-corrected chi connectivity index (χ3v) is 4.99. The van der Waals surface area contributed by atoms with E-state index in [2.05, 4.69) is 37.4 Å². The van der Waals surface area contributed by atoms with Crippen molar-refractivity contribution in [1.29, 1.82) is 0 Å². The summed E-state index contributed by atoms with van der Waals surface area (Å²) in [5, 5.41) is 3.18. The van der Waals surface area contributed by atoms with Crippen molar-refractivity contribution in [2.75, 3.05) is 6.54 Å². The van der Waals surface area contributed by atoms with Crippen LogP contribution in [-0.2, 0) is 4.79 Å². The maximum atomic E-state index is 12.7. The van der Waals surface area contributed by atoms with Crippen molar-refractivity contribution >= 4 is 5.91 Å². The molecule has 1 aliphatic carbocycles. The van der Waals surface area contributed by atoms with Crippen molar-refractivity contribution in [2.24, 2.45) is 17.1 Å². The zero-order valence-corrected chi connectivity index (χ0v) is 13.5. The Labute approximate surface area is 128 Å². The van der Waals surface area contributed by atoms with Crippen molar-refractivity contribution in [2.45, 2.75) is 52.5 Å². The molecule has 3 nitrogen and oxygen atoms in total. The van der Waals surface area contributed by atoms with Gasteiger partial charge >= 0.3 is 0 Å². The van der Waals surface area contributed by atoms with Crippen molar-refractivity contribution in [3.8, 4) is 0 Å². The molecule has 116 valence electrons. The first kappa shape index (κ1) is 16.0. The van der Waals surface area contributed by atoms with Gasteiger partial charge < -0.3 is 11.1 Å².